The van der Waals surface area contributed by atoms with E-state index in [0.29, 0.717) is 16.2 Å². The normalized spacial score (nSPS) is 20.1. The van der Waals surface area contributed by atoms with E-state index in [-0.39, 0.29) is 0 Å². The van der Waals surface area contributed by atoms with E-state index in [4.69, 9.17) is 0 Å². The topological polar surface area (TPSA) is 24.1 Å². The molecule has 2 heteroatoms. The van der Waals surface area contributed by atoms with Crippen LogP contribution in [0.5, 0.6) is 0 Å². The first kappa shape index (κ1) is 15.0. The molecule has 0 heterocycles. The molecule has 17 heavy (non-hydrogen) atoms. The van der Waals surface area contributed by atoms with Crippen molar-refractivity contribution in [2.75, 3.05) is 26.7 Å². The molecule has 0 radical (unpaired) electrons. The SMILES string of the molecule is CNCC1(CNCC(C)(C)C(C)(C)C)CCC1. The highest BCUT2D eigenvalue weighted by Gasteiger charge is 2.37. The van der Waals surface area contributed by atoms with Crippen molar-refractivity contribution < 1.29 is 0 Å². The quantitative estimate of drug-likeness (QED) is 0.746. The lowest BCUT2D eigenvalue weighted by atomic mass is 9.67. The summed E-state index contributed by atoms with van der Waals surface area (Å²) in [6.07, 6.45) is 4.18. The van der Waals surface area contributed by atoms with E-state index in [2.05, 4.69) is 52.3 Å². The van der Waals surface area contributed by atoms with Gasteiger partial charge in [0.15, 0.2) is 0 Å². The third-order valence-corrected chi connectivity index (χ3v) is 5.06. The summed E-state index contributed by atoms with van der Waals surface area (Å²) in [7, 11) is 2.07. The van der Waals surface area contributed by atoms with Crippen LogP contribution in [0.2, 0.25) is 0 Å². The van der Waals surface area contributed by atoms with E-state index in [9.17, 15) is 0 Å². The molecular weight excluding hydrogens is 208 g/mol. The van der Waals surface area contributed by atoms with Crippen LogP contribution in [0.1, 0.15) is 53.9 Å². The first-order valence-corrected chi connectivity index (χ1v) is 7.08. The maximum atomic E-state index is 3.72. The van der Waals surface area contributed by atoms with Gasteiger partial charge in [0.05, 0.1) is 0 Å². The molecule has 0 aromatic heterocycles. The van der Waals surface area contributed by atoms with Gasteiger partial charge in [-0.3, -0.25) is 0 Å². The minimum absolute atomic E-state index is 0.345. The largest absolute Gasteiger partial charge is 0.319 e. The maximum Gasteiger partial charge on any atom is 0.00202 e. The zero-order chi connectivity index (χ0) is 13.2. The Morgan fingerprint density at radius 3 is 1.94 bits per heavy atom. The molecule has 0 aromatic rings. The van der Waals surface area contributed by atoms with Crippen LogP contribution in [0, 0.1) is 16.2 Å². The zero-order valence-corrected chi connectivity index (χ0v) is 12.7. The Labute approximate surface area is 108 Å². The van der Waals surface area contributed by atoms with Crippen molar-refractivity contribution >= 4 is 0 Å². The molecule has 0 unspecified atom stereocenters. The molecule has 0 spiro atoms. The molecule has 0 aliphatic heterocycles. The number of hydrogen-bond donors (Lipinski definition) is 2. The smallest absolute Gasteiger partial charge is 0.00202 e. The van der Waals surface area contributed by atoms with E-state index in [0.717, 1.165) is 13.1 Å². The number of nitrogens with one attached hydrogen (secondary N) is 2. The van der Waals surface area contributed by atoms with Crippen LogP contribution < -0.4 is 10.6 Å². The van der Waals surface area contributed by atoms with E-state index in [1.165, 1.54) is 25.8 Å². The molecule has 1 aliphatic rings. The molecule has 102 valence electrons. The van der Waals surface area contributed by atoms with Gasteiger partial charge in [-0.15, -0.1) is 0 Å². The lowest BCUT2D eigenvalue weighted by molar-refractivity contribution is 0.0963. The van der Waals surface area contributed by atoms with Gasteiger partial charge in [-0.25, -0.2) is 0 Å². The Morgan fingerprint density at radius 2 is 1.59 bits per heavy atom. The van der Waals surface area contributed by atoms with Crippen LogP contribution in [-0.2, 0) is 0 Å². The van der Waals surface area contributed by atoms with Gasteiger partial charge in [0.1, 0.15) is 0 Å². The molecule has 1 rings (SSSR count). The average Bonchev–Trinajstić information content (AvgIpc) is 2.11. The summed E-state index contributed by atoms with van der Waals surface area (Å²) in [6.45, 7) is 15.2. The van der Waals surface area contributed by atoms with Gasteiger partial charge in [0, 0.05) is 19.6 Å². The van der Waals surface area contributed by atoms with Gasteiger partial charge in [0.2, 0.25) is 0 Å². The highest BCUT2D eigenvalue weighted by Crippen LogP contribution is 2.41. The molecule has 0 aromatic carbocycles. The second-order valence-electron chi connectivity index (χ2n) is 7.62. The van der Waals surface area contributed by atoms with Crippen molar-refractivity contribution in [2.24, 2.45) is 16.2 Å². The fourth-order valence-corrected chi connectivity index (χ4v) is 2.37. The van der Waals surface area contributed by atoms with Gasteiger partial charge in [-0.05, 0) is 36.1 Å². The van der Waals surface area contributed by atoms with Gasteiger partial charge in [0.25, 0.3) is 0 Å². The van der Waals surface area contributed by atoms with Crippen LogP contribution in [-0.4, -0.2) is 26.7 Å². The van der Waals surface area contributed by atoms with Crippen molar-refractivity contribution in [3.8, 4) is 0 Å². The zero-order valence-electron chi connectivity index (χ0n) is 12.7. The third kappa shape index (κ3) is 3.69. The Balaban J connectivity index is 2.37. The molecule has 2 N–H and O–H groups in total. The van der Waals surface area contributed by atoms with Gasteiger partial charge in [-0.2, -0.15) is 0 Å². The molecule has 1 aliphatic carbocycles. The minimum atomic E-state index is 0.345. The predicted octanol–water partition coefficient (Wildman–Crippen LogP) is 3.04. The first-order chi connectivity index (χ1) is 7.72. The standard InChI is InChI=1S/C15H32N2/c1-13(2,3)14(4,5)10-17-12-15(11-16-6)8-7-9-15/h16-17H,7-12H2,1-6H3. The second-order valence-corrected chi connectivity index (χ2v) is 7.62. The van der Waals surface area contributed by atoms with E-state index >= 15 is 0 Å². The summed E-state index contributed by atoms with van der Waals surface area (Å²) in [5.41, 5.74) is 1.25. The number of rotatable bonds is 6. The van der Waals surface area contributed by atoms with Crippen molar-refractivity contribution in [1.82, 2.24) is 10.6 Å². The Kier molecular flexibility index (Phi) is 4.65. The van der Waals surface area contributed by atoms with Crippen molar-refractivity contribution in [2.45, 2.75) is 53.9 Å². The van der Waals surface area contributed by atoms with Crippen molar-refractivity contribution in [3.05, 3.63) is 0 Å². The molecule has 0 bridgehead atoms. The molecule has 0 amide bonds. The Hall–Kier alpha value is -0.0800. The minimum Gasteiger partial charge on any atom is -0.319 e. The summed E-state index contributed by atoms with van der Waals surface area (Å²) in [6, 6.07) is 0. The maximum absolute atomic E-state index is 3.72. The highest BCUT2D eigenvalue weighted by molar-refractivity contribution is 4.92. The van der Waals surface area contributed by atoms with Crippen LogP contribution in [0.15, 0.2) is 0 Å². The molecule has 2 nitrogen and oxygen atoms in total. The summed E-state index contributed by atoms with van der Waals surface area (Å²) < 4.78 is 0. The van der Waals surface area contributed by atoms with Gasteiger partial charge in [-0.1, -0.05) is 41.0 Å². The first-order valence-electron chi connectivity index (χ1n) is 7.08. The van der Waals surface area contributed by atoms with E-state index < -0.39 is 0 Å². The van der Waals surface area contributed by atoms with Crippen molar-refractivity contribution in [1.29, 1.82) is 0 Å². The monoisotopic (exact) mass is 240 g/mol. The molecular formula is C15H32N2. The van der Waals surface area contributed by atoms with Crippen LogP contribution in [0.25, 0.3) is 0 Å². The average molecular weight is 240 g/mol. The Morgan fingerprint density at radius 1 is 1.00 bits per heavy atom. The van der Waals surface area contributed by atoms with E-state index in [1.54, 1.807) is 0 Å². The molecule has 0 saturated heterocycles. The summed E-state index contributed by atoms with van der Waals surface area (Å²) in [5.74, 6) is 0. The van der Waals surface area contributed by atoms with E-state index in [1.807, 2.05) is 0 Å². The fraction of sp³-hybridized carbons (Fsp3) is 1.00. The van der Waals surface area contributed by atoms with Gasteiger partial charge < -0.3 is 10.6 Å². The fourth-order valence-electron chi connectivity index (χ4n) is 2.37. The lowest BCUT2D eigenvalue weighted by Gasteiger charge is -2.44. The Bertz CT molecular complexity index is 234. The molecule has 0 atom stereocenters. The van der Waals surface area contributed by atoms with Crippen LogP contribution >= 0.6 is 0 Å². The lowest BCUT2D eigenvalue weighted by Crippen LogP contribution is -2.49. The number of hydrogen-bond acceptors (Lipinski definition) is 2. The third-order valence-electron chi connectivity index (χ3n) is 5.06. The van der Waals surface area contributed by atoms with Gasteiger partial charge >= 0.3 is 0 Å². The molecule has 1 saturated carbocycles. The highest BCUT2D eigenvalue weighted by atomic mass is 14.9. The molecule has 1 fully saturated rings. The second kappa shape index (κ2) is 5.27. The van der Waals surface area contributed by atoms with Crippen LogP contribution in [0.3, 0.4) is 0 Å². The predicted molar refractivity (Wildman–Crippen MR) is 76.3 cm³/mol. The summed E-state index contributed by atoms with van der Waals surface area (Å²) >= 11 is 0. The summed E-state index contributed by atoms with van der Waals surface area (Å²) in [5, 5.41) is 7.07. The summed E-state index contributed by atoms with van der Waals surface area (Å²) in [4.78, 5) is 0. The van der Waals surface area contributed by atoms with Crippen LogP contribution in [0.4, 0.5) is 0 Å². The van der Waals surface area contributed by atoms with Crippen molar-refractivity contribution in [3.63, 3.8) is 0 Å².